The van der Waals surface area contributed by atoms with Crippen molar-refractivity contribution >= 4 is 39.5 Å². The highest BCUT2D eigenvalue weighted by Gasteiger charge is 2.31. The van der Waals surface area contributed by atoms with Crippen LogP contribution in [0.15, 0.2) is 0 Å². The fourth-order valence-corrected chi connectivity index (χ4v) is 15.1. The molecule has 0 aliphatic heterocycles. The molecule has 3 unspecified atom stereocenters. The van der Waals surface area contributed by atoms with E-state index in [0.29, 0.717) is 25.7 Å². The minimum Gasteiger partial charge on any atom is -0.462 e. The van der Waals surface area contributed by atoms with E-state index in [0.717, 1.165) is 114 Å². The minimum absolute atomic E-state index is 0.105. The van der Waals surface area contributed by atoms with Crippen molar-refractivity contribution in [3.63, 3.8) is 0 Å². The Balaban J connectivity index is 5.22. The second kappa shape index (κ2) is 75.7. The van der Waals surface area contributed by atoms with E-state index in [1.165, 1.54) is 257 Å². The zero-order valence-corrected chi connectivity index (χ0v) is 71.9. The van der Waals surface area contributed by atoms with Crippen LogP contribution in [-0.2, 0) is 65.4 Å². The summed E-state index contributed by atoms with van der Waals surface area (Å²) in [5, 5.41) is 10.7. The number of esters is 4. The van der Waals surface area contributed by atoms with Crippen LogP contribution in [0, 0.1) is 23.7 Å². The van der Waals surface area contributed by atoms with Crippen LogP contribution < -0.4 is 0 Å². The highest BCUT2D eigenvalue weighted by Crippen LogP contribution is 2.45. The summed E-state index contributed by atoms with van der Waals surface area (Å²) in [7, 11) is -9.93. The van der Waals surface area contributed by atoms with Crippen LogP contribution >= 0.6 is 15.6 Å². The third-order valence-corrected chi connectivity index (χ3v) is 22.2. The number of hydrogen-bond donors (Lipinski definition) is 3. The zero-order valence-electron chi connectivity index (χ0n) is 70.1. The van der Waals surface area contributed by atoms with E-state index in [1.54, 1.807) is 0 Å². The number of hydrogen-bond acceptors (Lipinski definition) is 15. The molecule has 3 N–H and O–H groups in total. The first-order chi connectivity index (χ1) is 51.1. The lowest BCUT2D eigenvalue weighted by atomic mass is 10.0. The maximum Gasteiger partial charge on any atom is 0.472 e. The molecule has 0 rings (SSSR count). The largest absolute Gasteiger partial charge is 0.472 e. The monoisotopic (exact) mass is 1550 g/mol. The summed E-state index contributed by atoms with van der Waals surface area (Å²) in [6.07, 6.45) is 65.4. The molecular weight excluding hydrogens is 1380 g/mol. The number of unbranched alkanes of at least 4 members (excludes halogenated alkanes) is 50. The molecule has 106 heavy (non-hydrogen) atoms. The number of rotatable bonds is 84. The molecule has 5 atom stereocenters. The molecule has 0 heterocycles. The third kappa shape index (κ3) is 80.1. The van der Waals surface area contributed by atoms with Gasteiger partial charge in [-0.05, 0) is 49.4 Å². The Morgan fingerprint density at radius 3 is 0.585 bits per heavy atom. The quantitative estimate of drug-likeness (QED) is 0.0222. The third-order valence-electron chi connectivity index (χ3n) is 20.3. The number of phosphoric acid groups is 2. The zero-order chi connectivity index (χ0) is 78.1. The van der Waals surface area contributed by atoms with Crippen molar-refractivity contribution in [3.8, 4) is 0 Å². The summed E-state index contributed by atoms with van der Waals surface area (Å²) < 4.78 is 68.9. The van der Waals surface area contributed by atoms with Crippen LogP contribution in [0.2, 0.25) is 0 Å². The van der Waals surface area contributed by atoms with E-state index in [4.69, 9.17) is 37.0 Å². The van der Waals surface area contributed by atoms with Crippen molar-refractivity contribution in [3.05, 3.63) is 0 Å². The molecule has 0 bridgehead atoms. The normalized spacial score (nSPS) is 13.9. The second-order valence-corrected chi connectivity index (χ2v) is 36.1. The van der Waals surface area contributed by atoms with Gasteiger partial charge in [0, 0.05) is 25.7 Å². The van der Waals surface area contributed by atoms with Gasteiger partial charge >= 0.3 is 39.5 Å². The molecule has 0 aromatic heterocycles. The van der Waals surface area contributed by atoms with Crippen molar-refractivity contribution in [2.75, 3.05) is 39.6 Å². The van der Waals surface area contributed by atoms with E-state index < -0.39 is 97.5 Å². The van der Waals surface area contributed by atoms with Gasteiger partial charge in [-0.25, -0.2) is 9.13 Å². The molecule has 0 amide bonds. The van der Waals surface area contributed by atoms with Gasteiger partial charge in [-0.2, -0.15) is 0 Å². The molecule has 0 aromatic rings. The van der Waals surface area contributed by atoms with Gasteiger partial charge in [0.25, 0.3) is 0 Å². The van der Waals surface area contributed by atoms with E-state index in [-0.39, 0.29) is 25.7 Å². The van der Waals surface area contributed by atoms with Crippen LogP contribution in [-0.4, -0.2) is 96.7 Å². The lowest BCUT2D eigenvalue weighted by molar-refractivity contribution is -0.161. The second-order valence-electron chi connectivity index (χ2n) is 33.2. The topological polar surface area (TPSA) is 237 Å². The summed E-state index contributed by atoms with van der Waals surface area (Å²) in [6, 6.07) is 0. The van der Waals surface area contributed by atoms with Gasteiger partial charge in [-0.15, -0.1) is 0 Å². The number of aliphatic hydroxyl groups excluding tert-OH is 1. The number of ether oxygens (including phenoxy) is 4. The van der Waals surface area contributed by atoms with E-state index in [9.17, 15) is 43.2 Å². The van der Waals surface area contributed by atoms with Gasteiger partial charge in [-0.1, -0.05) is 402 Å². The molecule has 0 fully saturated rings. The molecule has 17 nitrogen and oxygen atoms in total. The highest BCUT2D eigenvalue weighted by molar-refractivity contribution is 7.47. The van der Waals surface area contributed by atoms with Gasteiger partial charge in [0.15, 0.2) is 12.2 Å². The predicted molar refractivity (Wildman–Crippen MR) is 437 cm³/mol. The maximum absolute atomic E-state index is 13.2. The molecule has 0 spiro atoms. The molecule has 0 aliphatic rings. The molecule has 0 aromatic carbocycles. The van der Waals surface area contributed by atoms with Gasteiger partial charge in [0.05, 0.1) is 26.4 Å². The molecule has 0 aliphatic carbocycles. The Labute approximate surface area is 651 Å². The fourth-order valence-electron chi connectivity index (χ4n) is 13.5. The summed E-state index contributed by atoms with van der Waals surface area (Å²) in [5.41, 5.74) is 0. The Hall–Kier alpha value is -1.94. The SMILES string of the molecule is CC(C)CCCCCCCCCCCCCCCCCCCCC(=O)OC[C@H](COP(=O)(O)OCC(O)COP(=O)(O)OC[C@@H](COC(=O)CCCCCCCCCCC(C)C)OC(=O)CCCCCCCCCCCCC(C)C)OC(=O)CCCCCCCCCCCCCCCCCCCCC(C)C. The standard InChI is InChI=1S/C87H170O17P2/c1-77(2)63-55-47-39-31-25-21-17-13-9-11-15-19-23-27-34-43-51-59-67-84(89)97-73-82(103-86(91)69-61-53-45-35-28-24-20-16-12-10-14-18-22-26-32-40-48-56-64-78(3)4)75-101-105(93,94)99-71-81(88)72-100-106(95,96)102-76-83(74-98-85(90)68-60-52-44-38-37-42-50-58-66-80(7)8)104-87(92)70-62-54-46-36-30-29-33-41-49-57-65-79(5)6/h77-83,88H,9-76H2,1-8H3,(H,93,94)(H,95,96)/t81?,82-,83-/m1/s1. The lowest BCUT2D eigenvalue weighted by Gasteiger charge is -2.21. The predicted octanol–water partition coefficient (Wildman–Crippen LogP) is 26.3. The van der Waals surface area contributed by atoms with E-state index in [2.05, 4.69) is 55.4 Å². The Bertz CT molecular complexity index is 2060. The van der Waals surface area contributed by atoms with Gasteiger partial charge in [0.1, 0.15) is 19.3 Å². The average molecular weight is 1550 g/mol. The Kier molecular flexibility index (Phi) is 74.3. The summed E-state index contributed by atoms with van der Waals surface area (Å²) in [5.74, 6) is 1.01. The van der Waals surface area contributed by atoms with Crippen molar-refractivity contribution < 1.29 is 80.2 Å². The molecule has 0 saturated heterocycles. The van der Waals surface area contributed by atoms with Gasteiger partial charge in [0.2, 0.25) is 0 Å². The number of carbonyl (C=O) groups is 4. The van der Waals surface area contributed by atoms with Crippen molar-refractivity contribution in [1.82, 2.24) is 0 Å². The van der Waals surface area contributed by atoms with Crippen LogP contribution in [0.1, 0.15) is 453 Å². The first kappa shape index (κ1) is 104. The molecular formula is C87H170O17P2. The maximum atomic E-state index is 13.2. The van der Waals surface area contributed by atoms with Gasteiger partial charge < -0.3 is 33.8 Å². The molecule has 0 radical (unpaired) electrons. The molecule has 19 heteroatoms. The number of aliphatic hydroxyl groups is 1. The summed E-state index contributed by atoms with van der Waals surface area (Å²) in [6.45, 7) is 14.3. The van der Waals surface area contributed by atoms with Crippen molar-refractivity contribution in [1.29, 1.82) is 0 Å². The summed E-state index contributed by atoms with van der Waals surface area (Å²) >= 11 is 0. The molecule has 0 saturated carbocycles. The van der Waals surface area contributed by atoms with Crippen LogP contribution in [0.3, 0.4) is 0 Å². The lowest BCUT2D eigenvalue weighted by Crippen LogP contribution is -2.30. The average Bonchev–Trinajstić information content (AvgIpc) is 0.901. The van der Waals surface area contributed by atoms with Crippen molar-refractivity contribution in [2.45, 2.75) is 472 Å². The van der Waals surface area contributed by atoms with Gasteiger partial charge in [-0.3, -0.25) is 37.3 Å². The van der Waals surface area contributed by atoms with Crippen LogP contribution in [0.25, 0.3) is 0 Å². The van der Waals surface area contributed by atoms with Crippen LogP contribution in [0.4, 0.5) is 0 Å². The van der Waals surface area contributed by atoms with Crippen LogP contribution in [0.5, 0.6) is 0 Å². The van der Waals surface area contributed by atoms with E-state index >= 15 is 0 Å². The fraction of sp³-hybridized carbons (Fsp3) is 0.954. The minimum atomic E-state index is -4.97. The highest BCUT2D eigenvalue weighted by atomic mass is 31.2. The Morgan fingerprint density at radius 1 is 0.236 bits per heavy atom. The molecule has 630 valence electrons. The smallest absolute Gasteiger partial charge is 0.462 e. The van der Waals surface area contributed by atoms with E-state index in [1.807, 2.05) is 0 Å². The number of phosphoric ester groups is 2. The number of carbonyl (C=O) groups excluding carboxylic acids is 4. The first-order valence-electron chi connectivity index (χ1n) is 44.7. The Morgan fingerprint density at radius 2 is 0.396 bits per heavy atom. The van der Waals surface area contributed by atoms with Crippen molar-refractivity contribution in [2.24, 2.45) is 23.7 Å². The first-order valence-corrected chi connectivity index (χ1v) is 47.7. The summed E-state index contributed by atoms with van der Waals surface area (Å²) in [4.78, 5) is 73.2.